The summed E-state index contributed by atoms with van der Waals surface area (Å²) in [5.41, 5.74) is -0.308. The normalized spacial score (nSPS) is 12.3. The SMILES string of the molecule is CC(=O)OC/C(=C(\C(=O)O)c1ccc(F)c(F)c1)c1ccc(S(C)(=O)=O)cc1. The molecule has 0 aliphatic rings. The lowest BCUT2D eigenvalue weighted by Gasteiger charge is -2.14. The Balaban J connectivity index is 2.70. The summed E-state index contributed by atoms with van der Waals surface area (Å²) < 4.78 is 55.0. The van der Waals surface area contributed by atoms with E-state index in [1.807, 2.05) is 0 Å². The van der Waals surface area contributed by atoms with E-state index >= 15 is 0 Å². The number of carboxylic acids is 1. The first-order valence-electron chi connectivity index (χ1n) is 7.86. The topological polar surface area (TPSA) is 97.7 Å². The molecule has 0 atom stereocenters. The molecular formula is C19H16F2O6S. The van der Waals surface area contributed by atoms with Gasteiger partial charge >= 0.3 is 11.9 Å². The third-order valence-corrected chi connectivity index (χ3v) is 4.90. The molecule has 28 heavy (non-hydrogen) atoms. The molecule has 0 radical (unpaired) electrons. The number of carbonyl (C=O) groups excluding carboxylic acids is 1. The monoisotopic (exact) mass is 410 g/mol. The van der Waals surface area contributed by atoms with Crippen molar-refractivity contribution in [2.75, 3.05) is 12.9 Å². The third-order valence-electron chi connectivity index (χ3n) is 3.77. The van der Waals surface area contributed by atoms with Crippen LogP contribution in [0, 0.1) is 11.6 Å². The van der Waals surface area contributed by atoms with Crippen LogP contribution in [0.25, 0.3) is 11.1 Å². The van der Waals surface area contributed by atoms with Crippen LogP contribution in [-0.2, 0) is 24.2 Å². The first-order valence-corrected chi connectivity index (χ1v) is 9.75. The maximum atomic E-state index is 13.6. The van der Waals surface area contributed by atoms with Gasteiger partial charge in [-0.1, -0.05) is 18.2 Å². The molecule has 2 aromatic carbocycles. The standard InChI is InChI=1S/C19H16F2O6S/c1-11(22)27-10-15(12-3-6-14(7-4-12)28(2,25)26)18(19(23)24)13-5-8-16(20)17(21)9-13/h3-9H,10H2,1-2H3,(H,23,24)/b18-15+. The van der Waals surface area contributed by atoms with Crippen LogP contribution in [0.1, 0.15) is 18.1 Å². The molecule has 0 saturated heterocycles. The molecule has 0 spiro atoms. The molecule has 0 fully saturated rings. The molecule has 2 aromatic rings. The minimum Gasteiger partial charge on any atom is -0.478 e. The van der Waals surface area contributed by atoms with Crippen molar-refractivity contribution in [1.82, 2.24) is 0 Å². The zero-order chi connectivity index (χ0) is 21.1. The Morgan fingerprint density at radius 1 is 1.00 bits per heavy atom. The second-order valence-electron chi connectivity index (χ2n) is 5.86. The average Bonchev–Trinajstić information content (AvgIpc) is 2.60. The van der Waals surface area contributed by atoms with Gasteiger partial charge in [-0.25, -0.2) is 22.0 Å². The molecule has 0 unspecified atom stereocenters. The number of carboxylic acid groups (broad SMARTS) is 1. The van der Waals surface area contributed by atoms with Gasteiger partial charge in [0.1, 0.15) is 6.61 Å². The van der Waals surface area contributed by atoms with Gasteiger partial charge in [0.15, 0.2) is 21.5 Å². The van der Waals surface area contributed by atoms with Crippen molar-refractivity contribution in [2.45, 2.75) is 11.8 Å². The van der Waals surface area contributed by atoms with Crippen LogP contribution in [0.5, 0.6) is 0 Å². The lowest BCUT2D eigenvalue weighted by molar-refractivity contribution is -0.139. The van der Waals surface area contributed by atoms with E-state index in [4.69, 9.17) is 4.74 Å². The Hall–Kier alpha value is -3.07. The minimum absolute atomic E-state index is 0.00578. The molecule has 0 amide bonds. The Bertz CT molecular complexity index is 1060. The Kier molecular flexibility index (Phi) is 6.30. The van der Waals surface area contributed by atoms with E-state index in [-0.39, 0.29) is 21.6 Å². The number of aliphatic carboxylic acids is 1. The first-order chi connectivity index (χ1) is 13.0. The highest BCUT2D eigenvalue weighted by molar-refractivity contribution is 7.90. The van der Waals surface area contributed by atoms with Gasteiger partial charge in [-0.05, 0) is 35.4 Å². The minimum atomic E-state index is -3.48. The number of carbonyl (C=O) groups is 2. The lowest BCUT2D eigenvalue weighted by Crippen LogP contribution is -2.10. The summed E-state index contributed by atoms with van der Waals surface area (Å²) in [6.07, 6.45) is 1.02. The predicted octanol–water partition coefficient (Wildman–Crippen LogP) is 2.93. The fourth-order valence-corrected chi connectivity index (χ4v) is 3.09. The summed E-state index contributed by atoms with van der Waals surface area (Å²) in [4.78, 5) is 23.1. The van der Waals surface area contributed by atoms with E-state index < -0.39 is 45.6 Å². The fraction of sp³-hybridized carbons (Fsp3) is 0.158. The summed E-state index contributed by atoms with van der Waals surface area (Å²) >= 11 is 0. The molecule has 0 aromatic heterocycles. The van der Waals surface area contributed by atoms with Crippen LogP contribution in [-0.4, -0.2) is 38.3 Å². The Labute approximate surface area is 160 Å². The maximum Gasteiger partial charge on any atom is 0.336 e. The average molecular weight is 410 g/mol. The van der Waals surface area contributed by atoms with Gasteiger partial charge in [0, 0.05) is 18.8 Å². The Morgan fingerprint density at radius 3 is 2.04 bits per heavy atom. The zero-order valence-corrected chi connectivity index (χ0v) is 15.7. The van der Waals surface area contributed by atoms with Crippen LogP contribution < -0.4 is 0 Å². The van der Waals surface area contributed by atoms with Crippen LogP contribution in [0.3, 0.4) is 0 Å². The highest BCUT2D eigenvalue weighted by atomic mass is 32.2. The molecule has 0 bridgehead atoms. The van der Waals surface area contributed by atoms with Crippen LogP contribution in [0.15, 0.2) is 47.4 Å². The molecule has 1 N–H and O–H groups in total. The van der Waals surface area contributed by atoms with E-state index in [0.717, 1.165) is 31.4 Å². The van der Waals surface area contributed by atoms with Gasteiger partial charge in [0.2, 0.25) is 0 Å². The van der Waals surface area contributed by atoms with E-state index in [2.05, 4.69) is 0 Å². The summed E-state index contributed by atoms with van der Waals surface area (Å²) in [5, 5.41) is 9.66. The van der Waals surface area contributed by atoms with Crippen molar-refractivity contribution in [2.24, 2.45) is 0 Å². The number of hydrogen-bond acceptors (Lipinski definition) is 5. The van der Waals surface area contributed by atoms with Gasteiger partial charge in [0.05, 0.1) is 10.5 Å². The van der Waals surface area contributed by atoms with Gasteiger partial charge in [-0.15, -0.1) is 0 Å². The largest absolute Gasteiger partial charge is 0.478 e. The van der Waals surface area contributed by atoms with Crippen LogP contribution in [0.2, 0.25) is 0 Å². The van der Waals surface area contributed by atoms with Gasteiger partial charge in [-0.3, -0.25) is 4.79 Å². The number of sulfone groups is 1. The van der Waals surface area contributed by atoms with Crippen molar-refractivity contribution in [1.29, 1.82) is 0 Å². The number of rotatable bonds is 6. The van der Waals surface area contributed by atoms with Crippen molar-refractivity contribution >= 4 is 32.9 Å². The van der Waals surface area contributed by atoms with Crippen molar-refractivity contribution in [3.8, 4) is 0 Å². The van der Waals surface area contributed by atoms with Gasteiger partial charge < -0.3 is 9.84 Å². The molecule has 6 nitrogen and oxygen atoms in total. The fourth-order valence-electron chi connectivity index (χ4n) is 2.46. The number of benzene rings is 2. The molecule has 9 heteroatoms. The molecule has 0 saturated carbocycles. The molecule has 0 aliphatic carbocycles. The number of hydrogen-bond donors (Lipinski definition) is 1. The quantitative estimate of drug-likeness (QED) is 0.447. The lowest BCUT2D eigenvalue weighted by atomic mass is 9.95. The summed E-state index contributed by atoms with van der Waals surface area (Å²) in [5.74, 6) is -4.52. The molecular weight excluding hydrogens is 394 g/mol. The predicted molar refractivity (Wildman–Crippen MR) is 97.0 cm³/mol. The third kappa shape index (κ3) is 5.01. The highest BCUT2D eigenvalue weighted by Gasteiger charge is 2.21. The van der Waals surface area contributed by atoms with E-state index in [1.54, 1.807) is 0 Å². The number of esters is 1. The second-order valence-corrected chi connectivity index (χ2v) is 7.88. The van der Waals surface area contributed by atoms with Gasteiger partial charge in [-0.2, -0.15) is 0 Å². The number of ether oxygens (including phenoxy) is 1. The maximum absolute atomic E-state index is 13.6. The summed E-state index contributed by atoms with van der Waals surface area (Å²) in [6.45, 7) is 0.663. The van der Waals surface area contributed by atoms with Crippen molar-refractivity contribution in [3.05, 3.63) is 65.2 Å². The second kappa shape index (κ2) is 8.30. The summed E-state index contributed by atoms with van der Waals surface area (Å²) in [7, 11) is -3.48. The number of halogens is 2. The van der Waals surface area contributed by atoms with Gasteiger partial charge in [0.25, 0.3) is 0 Å². The zero-order valence-electron chi connectivity index (χ0n) is 14.9. The molecule has 2 rings (SSSR count). The van der Waals surface area contributed by atoms with Crippen LogP contribution in [0.4, 0.5) is 8.78 Å². The highest BCUT2D eigenvalue weighted by Crippen LogP contribution is 2.29. The smallest absolute Gasteiger partial charge is 0.336 e. The first kappa shape index (κ1) is 21.2. The van der Waals surface area contributed by atoms with Crippen molar-refractivity contribution < 1.29 is 36.6 Å². The van der Waals surface area contributed by atoms with E-state index in [1.165, 1.54) is 24.3 Å². The molecule has 148 valence electrons. The van der Waals surface area contributed by atoms with E-state index in [9.17, 15) is 31.9 Å². The van der Waals surface area contributed by atoms with Crippen molar-refractivity contribution in [3.63, 3.8) is 0 Å². The van der Waals surface area contributed by atoms with E-state index in [0.29, 0.717) is 0 Å². The Morgan fingerprint density at radius 2 is 1.57 bits per heavy atom. The van der Waals surface area contributed by atoms with Crippen LogP contribution >= 0.6 is 0 Å². The summed E-state index contributed by atoms with van der Waals surface area (Å²) in [6, 6.07) is 7.81. The molecule has 0 aliphatic heterocycles. The molecule has 0 heterocycles.